The second-order valence-corrected chi connectivity index (χ2v) is 9.08. The van der Waals surface area contributed by atoms with E-state index < -0.39 is 0 Å². The zero-order valence-electron chi connectivity index (χ0n) is 19.1. The number of carbonyl (C=O) groups is 2. The maximum absolute atomic E-state index is 12.5. The molecule has 0 spiro atoms. The molecule has 0 bridgehead atoms. The summed E-state index contributed by atoms with van der Waals surface area (Å²) in [6.45, 7) is 9.80. The van der Waals surface area contributed by atoms with Gasteiger partial charge in [-0.05, 0) is 49.4 Å². The topological polar surface area (TPSA) is 65.1 Å². The van der Waals surface area contributed by atoms with Crippen LogP contribution in [0.4, 0.5) is 16.2 Å². The van der Waals surface area contributed by atoms with Crippen molar-refractivity contribution >= 4 is 23.4 Å². The van der Waals surface area contributed by atoms with E-state index in [0.29, 0.717) is 38.7 Å². The lowest BCUT2D eigenvalue weighted by Gasteiger charge is -2.23. The zero-order valence-corrected chi connectivity index (χ0v) is 19.1. The van der Waals surface area contributed by atoms with Crippen molar-refractivity contribution in [2.24, 2.45) is 5.92 Å². The summed E-state index contributed by atoms with van der Waals surface area (Å²) in [5.41, 5.74) is 2.06. The number of benzene rings is 1. The lowest BCUT2D eigenvalue weighted by molar-refractivity contribution is -0.117. The number of nitrogens with one attached hydrogen (secondary N) is 1. The molecular weight excluding hydrogens is 392 g/mol. The molecule has 7 heteroatoms. The molecule has 2 fully saturated rings. The fourth-order valence-electron chi connectivity index (χ4n) is 4.13. The van der Waals surface area contributed by atoms with Crippen LogP contribution in [0, 0.1) is 5.92 Å². The second-order valence-electron chi connectivity index (χ2n) is 9.08. The fraction of sp³-hybridized carbons (Fsp3) is 0.667. The van der Waals surface area contributed by atoms with Crippen molar-refractivity contribution in [1.29, 1.82) is 0 Å². The number of anilines is 2. The Hall–Kier alpha value is -2.28. The lowest BCUT2D eigenvalue weighted by Crippen LogP contribution is -2.38. The van der Waals surface area contributed by atoms with Gasteiger partial charge in [0.2, 0.25) is 5.91 Å². The Morgan fingerprint density at radius 1 is 0.903 bits per heavy atom. The summed E-state index contributed by atoms with van der Waals surface area (Å²) in [4.78, 5) is 31.0. The number of hydrogen-bond acceptors (Lipinski definition) is 5. The van der Waals surface area contributed by atoms with E-state index in [1.807, 2.05) is 26.0 Å². The molecular formula is C24H38N4O3. The first kappa shape index (κ1) is 23.4. The highest BCUT2D eigenvalue weighted by molar-refractivity contribution is 5.92. The van der Waals surface area contributed by atoms with Crippen LogP contribution < -0.4 is 10.2 Å². The molecule has 2 heterocycles. The van der Waals surface area contributed by atoms with Gasteiger partial charge in [-0.25, -0.2) is 4.79 Å². The Balaban J connectivity index is 1.43. The van der Waals surface area contributed by atoms with Gasteiger partial charge in [-0.2, -0.15) is 0 Å². The number of ether oxygens (including phenoxy) is 1. The summed E-state index contributed by atoms with van der Waals surface area (Å²) in [6.07, 6.45) is 5.73. The molecule has 2 amide bonds. The smallest absolute Gasteiger partial charge is 0.409 e. The van der Waals surface area contributed by atoms with Gasteiger partial charge in [0.1, 0.15) is 0 Å². The summed E-state index contributed by atoms with van der Waals surface area (Å²) in [5, 5.41) is 3.01. The van der Waals surface area contributed by atoms with Crippen LogP contribution in [0.1, 0.15) is 46.0 Å². The molecule has 0 saturated carbocycles. The van der Waals surface area contributed by atoms with Gasteiger partial charge in [-0.3, -0.25) is 9.69 Å². The number of carbonyl (C=O) groups excluding carboxylic acids is 2. The molecule has 1 aromatic carbocycles. The van der Waals surface area contributed by atoms with Gasteiger partial charge >= 0.3 is 6.09 Å². The normalized spacial score (nSPS) is 18.4. The fourth-order valence-corrected chi connectivity index (χ4v) is 4.13. The number of nitrogens with zero attached hydrogens (tertiary/aromatic N) is 3. The Bertz CT molecular complexity index is 699. The van der Waals surface area contributed by atoms with E-state index in [1.54, 1.807) is 4.90 Å². The van der Waals surface area contributed by atoms with E-state index in [9.17, 15) is 9.59 Å². The molecule has 0 atom stereocenters. The van der Waals surface area contributed by atoms with Crippen LogP contribution in [0.15, 0.2) is 24.3 Å². The van der Waals surface area contributed by atoms with Crippen molar-refractivity contribution in [3.8, 4) is 0 Å². The first-order valence-corrected chi connectivity index (χ1v) is 11.8. The van der Waals surface area contributed by atoms with Crippen LogP contribution in [0.5, 0.6) is 0 Å². The van der Waals surface area contributed by atoms with E-state index in [4.69, 9.17) is 4.74 Å². The maximum atomic E-state index is 12.5. The van der Waals surface area contributed by atoms with Crippen molar-refractivity contribution < 1.29 is 14.3 Å². The zero-order chi connectivity index (χ0) is 22.1. The molecule has 172 valence electrons. The van der Waals surface area contributed by atoms with Crippen LogP contribution in [0.25, 0.3) is 0 Å². The molecule has 2 aliphatic rings. The summed E-state index contributed by atoms with van der Waals surface area (Å²) in [6, 6.07) is 8.20. The second kappa shape index (κ2) is 11.9. The third-order valence-electron chi connectivity index (χ3n) is 5.88. The van der Waals surface area contributed by atoms with Crippen LogP contribution in [-0.4, -0.2) is 74.2 Å². The van der Waals surface area contributed by atoms with Crippen LogP contribution in [0.3, 0.4) is 0 Å². The highest BCUT2D eigenvalue weighted by Crippen LogP contribution is 2.21. The highest BCUT2D eigenvalue weighted by atomic mass is 16.6. The lowest BCUT2D eigenvalue weighted by atomic mass is 10.2. The van der Waals surface area contributed by atoms with E-state index in [-0.39, 0.29) is 12.0 Å². The highest BCUT2D eigenvalue weighted by Gasteiger charge is 2.21. The van der Waals surface area contributed by atoms with Gasteiger partial charge in [-0.1, -0.05) is 26.7 Å². The Kier molecular flexibility index (Phi) is 9.00. The molecule has 0 aromatic heterocycles. The van der Waals surface area contributed by atoms with E-state index in [0.717, 1.165) is 31.7 Å². The maximum Gasteiger partial charge on any atom is 0.409 e. The summed E-state index contributed by atoms with van der Waals surface area (Å²) in [5.74, 6) is 0.313. The summed E-state index contributed by atoms with van der Waals surface area (Å²) >= 11 is 0. The Labute approximate surface area is 186 Å². The first-order chi connectivity index (χ1) is 15.0. The van der Waals surface area contributed by atoms with Crippen molar-refractivity contribution in [3.05, 3.63) is 24.3 Å². The monoisotopic (exact) mass is 430 g/mol. The molecule has 0 radical (unpaired) electrons. The SMILES string of the molecule is CC(C)COC(=O)N1CCCN(CC(=O)Nc2ccc(N3CCCCCC3)cc2)CC1. The van der Waals surface area contributed by atoms with Gasteiger partial charge in [0.25, 0.3) is 0 Å². The minimum atomic E-state index is -0.246. The molecule has 31 heavy (non-hydrogen) atoms. The van der Waals surface area contributed by atoms with Crippen molar-refractivity contribution in [3.63, 3.8) is 0 Å². The van der Waals surface area contributed by atoms with Crippen molar-refractivity contribution in [2.75, 3.05) is 62.6 Å². The van der Waals surface area contributed by atoms with E-state index in [1.165, 1.54) is 31.4 Å². The quantitative estimate of drug-likeness (QED) is 0.744. The van der Waals surface area contributed by atoms with Crippen LogP contribution in [0.2, 0.25) is 0 Å². The molecule has 1 aromatic rings. The van der Waals surface area contributed by atoms with Gasteiger partial charge in [0, 0.05) is 50.6 Å². The standard InChI is InChI=1S/C24H38N4O3/c1-20(2)19-31-24(30)28-15-7-12-26(16-17-28)18-23(29)25-21-8-10-22(11-9-21)27-13-5-3-4-6-14-27/h8-11,20H,3-7,12-19H2,1-2H3,(H,25,29). The summed E-state index contributed by atoms with van der Waals surface area (Å²) < 4.78 is 5.34. The Morgan fingerprint density at radius 3 is 2.29 bits per heavy atom. The Morgan fingerprint density at radius 2 is 1.61 bits per heavy atom. The average Bonchev–Trinajstić information content (AvgIpc) is 3.16. The van der Waals surface area contributed by atoms with Gasteiger partial charge < -0.3 is 19.9 Å². The predicted molar refractivity (Wildman–Crippen MR) is 125 cm³/mol. The van der Waals surface area contributed by atoms with Gasteiger partial charge in [-0.15, -0.1) is 0 Å². The van der Waals surface area contributed by atoms with E-state index >= 15 is 0 Å². The molecule has 0 aliphatic carbocycles. The van der Waals surface area contributed by atoms with E-state index in [2.05, 4.69) is 27.2 Å². The molecule has 0 unspecified atom stereocenters. The molecule has 7 nitrogen and oxygen atoms in total. The minimum Gasteiger partial charge on any atom is -0.449 e. The first-order valence-electron chi connectivity index (χ1n) is 11.8. The number of rotatable bonds is 6. The van der Waals surface area contributed by atoms with Crippen LogP contribution >= 0.6 is 0 Å². The number of amides is 2. The predicted octanol–water partition coefficient (Wildman–Crippen LogP) is 3.81. The minimum absolute atomic E-state index is 0.0154. The van der Waals surface area contributed by atoms with Gasteiger partial charge in [0.05, 0.1) is 13.2 Å². The average molecular weight is 431 g/mol. The third kappa shape index (κ3) is 7.73. The summed E-state index contributed by atoms with van der Waals surface area (Å²) in [7, 11) is 0. The van der Waals surface area contributed by atoms with Crippen molar-refractivity contribution in [2.45, 2.75) is 46.0 Å². The molecule has 2 aliphatic heterocycles. The molecule has 1 N–H and O–H groups in total. The molecule has 2 saturated heterocycles. The van der Waals surface area contributed by atoms with Crippen molar-refractivity contribution in [1.82, 2.24) is 9.80 Å². The molecule has 3 rings (SSSR count). The largest absolute Gasteiger partial charge is 0.449 e. The van der Waals surface area contributed by atoms with Gasteiger partial charge in [0.15, 0.2) is 0 Å². The third-order valence-corrected chi connectivity index (χ3v) is 5.88. The van der Waals surface area contributed by atoms with Crippen LogP contribution in [-0.2, 0) is 9.53 Å². The number of hydrogen-bond donors (Lipinski definition) is 1.